The highest BCUT2D eigenvalue weighted by Gasteiger charge is 2.24. The lowest BCUT2D eigenvalue weighted by atomic mass is 10.2. The van der Waals surface area contributed by atoms with E-state index in [0.717, 1.165) is 12.6 Å². The second-order valence-corrected chi connectivity index (χ2v) is 3.69. The molecule has 1 aromatic rings. The number of rotatable bonds is 1. The first-order chi connectivity index (χ1) is 7.16. The summed E-state index contributed by atoms with van der Waals surface area (Å²) >= 11 is 0. The van der Waals surface area contributed by atoms with E-state index in [1.807, 2.05) is 0 Å². The van der Waals surface area contributed by atoms with Crippen molar-refractivity contribution in [2.75, 3.05) is 13.1 Å². The Morgan fingerprint density at radius 3 is 2.71 bits per heavy atom. The predicted molar refractivity (Wildman–Crippen MR) is 67.2 cm³/mol. The highest BCUT2D eigenvalue weighted by molar-refractivity contribution is 5.94. The largest absolute Gasteiger partial charge is 0.337 e. The molecular formula is C10H14Cl2FN3O. The molecule has 1 saturated heterocycles. The van der Waals surface area contributed by atoms with Gasteiger partial charge in [-0.15, -0.1) is 24.8 Å². The topological polar surface area (TPSA) is 59.2 Å². The molecule has 1 aromatic heterocycles. The molecule has 17 heavy (non-hydrogen) atoms. The fourth-order valence-electron chi connectivity index (χ4n) is 1.68. The maximum absolute atomic E-state index is 12.8. The molecule has 0 bridgehead atoms. The van der Waals surface area contributed by atoms with E-state index >= 15 is 0 Å². The van der Waals surface area contributed by atoms with Gasteiger partial charge in [-0.2, -0.15) is 0 Å². The van der Waals surface area contributed by atoms with E-state index < -0.39 is 5.82 Å². The molecule has 2 rings (SSSR count). The summed E-state index contributed by atoms with van der Waals surface area (Å²) in [5, 5.41) is 0. The zero-order chi connectivity index (χ0) is 10.8. The first kappa shape index (κ1) is 16.1. The van der Waals surface area contributed by atoms with Crippen molar-refractivity contribution in [2.24, 2.45) is 5.73 Å². The molecule has 0 saturated carbocycles. The lowest BCUT2D eigenvalue weighted by Gasteiger charge is -2.15. The minimum absolute atomic E-state index is 0. The summed E-state index contributed by atoms with van der Waals surface area (Å²) in [6.07, 6.45) is 3.25. The number of likely N-dealkylation sites (tertiary alicyclic amines) is 1. The highest BCUT2D eigenvalue weighted by atomic mass is 35.5. The Morgan fingerprint density at radius 2 is 2.18 bits per heavy atom. The van der Waals surface area contributed by atoms with Crippen LogP contribution >= 0.6 is 24.8 Å². The number of carbonyl (C=O) groups is 1. The van der Waals surface area contributed by atoms with Gasteiger partial charge in [0.15, 0.2) is 0 Å². The van der Waals surface area contributed by atoms with Crippen LogP contribution in [-0.4, -0.2) is 34.9 Å². The van der Waals surface area contributed by atoms with Gasteiger partial charge in [0.25, 0.3) is 5.91 Å². The summed E-state index contributed by atoms with van der Waals surface area (Å²) in [7, 11) is 0. The summed E-state index contributed by atoms with van der Waals surface area (Å²) in [5.41, 5.74) is 5.97. The number of pyridine rings is 1. The van der Waals surface area contributed by atoms with Gasteiger partial charge in [0.2, 0.25) is 0 Å². The molecule has 0 aromatic carbocycles. The molecular weight excluding hydrogens is 268 g/mol. The van der Waals surface area contributed by atoms with Crippen molar-refractivity contribution in [3.63, 3.8) is 0 Å². The number of aromatic nitrogens is 1. The zero-order valence-corrected chi connectivity index (χ0v) is 10.6. The first-order valence-corrected chi connectivity index (χ1v) is 4.82. The molecule has 4 nitrogen and oxygen atoms in total. The van der Waals surface area contributed by atoms with Crippen LogP contribution in [0.3, 0.4) is 0 Å². The summed E-state index contributed by atoms with van der Waals surface area (Å²) in [6.45, 7) is 1.17. The standard InChI is InChI=1S/C10H12FN3O.2ClH/c11-8-3-7(4-13-5-8)10(15)14-2-1-9(12)6-14;;/h3-5,9H,1-2,6,12H2;2*1H/t9-;;/m0../s1. The summed E-state index contributed by atoms with van der Waals surface area (Å²) in [4.78, 5) is 17.1. The molecule has 1 atom stereocenters. The van der Waals surface area contributed by atoms with Gasteiger partial charge in [0.1, 0.15) is 5.82 Å². The Kier molecular flexibility index (Phi) is 6.37. The summed E-state index contributed by atoms with van der Waals surface area (Å²) in [6, 6.07) is 1.23. The van der Waals surface area contributed by atoms with Crippen molar-refractivity contribution in [1.82, 2.24) is 9.88 Å². The van der Waals surface area contributed by atoms with Crippen LogP contribution in [0.2, 0.25) is 0 Å². The van der Waals surface area contributed by atoms with Crippen LogP contribution in [-0.2, 0) is 0 Å². The molecule has 2 N–H and O–H groups in total. The van der Waals surface area contributed by atoms with E-state index in [4.69, 9.17) is 5.73 Å². The normalized spacial score (nSPS) is 18.2. The van der Waals surface area contributed by atoms with Gasteiger partial charge in [0.05, 0.1) is 11.8 Å². The number of halogens is 3. The maximum atomic E-state index is 12.8. The Hall–Kier alpha value is -0.910. The lowest BCUT2D eigenvalue weighted by molar-refractivity contribution is 0.0790. The van der Waals surface area contributed by atoms with Gasteiger partial charge < -0.3 is 10.6 Å². The molecule has 1 fully saturated rings. The number of hydrogen-bond donors (Lipinski definition) is 1. The molecule has 0 aliphatic carbocycles. The van der Waals surface area contributed by atoms with Crippen molar-refractivity contribution in [3.8, 4) is 0 Å². The number of nitrogens with zero attached hydrogens (tertiary/aromatic N) is 2. The monoisotopic (exact) mass is 281 g/mol. The third-order valence-electron chi connectivity index (χ3n) is 2.46. The Balaban J connectivity index is 0.00000128. The fraction of sp³-hybridized carbons (Fsp3) is 0.400. The molecule has 2 heterocycles. The molecule has 0 unspecified atom stereocenters. The van der Waals surface area contributed by atoms with Gasteiger partial charge in [-0.05, 0) is 12.5 Å². The van der Waals surface area contributed by atoms with Crippen LogP contribution in [0.1, 0.15) is 16.8 Å². The van der Waals surface area contributed by atoms with Crippen molar-refractivity contribution in [2.45, 2.75) is 12.5 Å². The summed E-state index contributed by atoms with van der Waals surface area (Å²) < 4.78 is 12.8. The second-order valence-electron chi connectivity index (χ2n) is 3.69. The third kappa shape index (κ3) is 3.80. The van der Waals surface area contributed by atoms with E-state index in [0.29, 0.717) is 13.1 Å². The SMILES string of the molecule is Cl.Cl.N[C@H]1CCN(C(=O)c2cncc(F)c2)C1. The van der Waals surface area contributed by atoms with E-state index in [2.05, 4.69) is 4.98 Å². The Morgan fingerprint density at radius 1 is 1.47 bits per heavy atom. The summed E-state index contributed by atoms with van der Waals surface area (Å²) in [5.74, 6) is -0.695. The highest BCUT2D eigenvalue weighted by Crippen LogP contribution is 2.12. The minimum Gasteiger partial charge on any atom is -0.337 e. The van der Waals surface area contributed by atoms with E-state index in [9.17, 15) is 9.18 Å². The van der Waals surface area contributed by atoms with Crippen LogP contribution in [0.15, 0.2) is 18.5 Å². The van der Waals surface area contributed by atoms with Gasteiger partial charge in [-0.1, -0.05) is 0 Å². The van der Waals surface area contributed by atoms with Crippen LogP contribution in [0.25, 0.3) is 0 Å². The molecule has 7 heteroatoms. The number of hydrogen-bond acceptors (Lipinski definition) is 3. The van der Waals surface area contributed by atoms with Gasteiger partial charge in [0, 0.05) is 25.3 Å². The maximum Gasteiger partial charge on any atom is 0.255 e. The van der Waals surface area contributed by atoms with Gasteiger partial charge in [-0.3, -0.25) is 9.78 Å². The molecule has 96 valence electrons. The van der Waals surface area contributed by atoms with Crippen LogP contribution in [0.4, 0.5) is 4.39 Å². The van der Waals surface area contributed by atoms with E-state index in [1.165, 1.54) is 12.3 Å². The zero-order valence-electron chi connectivity index (χ0n) is 9.01. The minimum atomic E-state index is -0.496. The van der Waals surface area contributed by atoms with Crippen molar-refractivity contribution >= 4 is 30.7 Å². The van der Waals surface area contributed by atoms with Crippen molar-refractivity contribution in [1.29, 1.82) is 0 Å². The van der Waals surface area contributed by atoms with Gasteiger partial charge >= 0.3 is 0 Å². The quantitative estimate of drug-likeness (QED) is 0.843. The number of carbonyl (C=O) groups excluding carboxylic acids is 1. The van der Waals surface area contributed by atoms with Gasteiger partial charge in [-0.25, -0.2) is 4.39 Å². The average Bonchev–Trinajstić information content (AvgIpc) is 2.64. The Bertz CT molecular complexity index is 392. The van der Waals surface area contributed by atoms with Crippen LogP contribution < -0.4 is 5.73 Å². The molecule has 0 spiro atoms. The van der Waals surface area contributed by atoms with E-state index in [-0.39, 0.29) is 42.3 Å². The average molecular weight is 282 g/mol. The molecule has 1 aliphatic rings. The van der Waals surface area contributed by atoms with Crippen LogP contribution in [0.5, 0.6) is 0 Å². The van der Waals surface area contributed by atoms with E-state index in [1.54, 1.807) is 4.90 Å². The third-order valence-corrected chi connectivity index (χ3v) is 2.46. The molecule has 0 radical (unpaired) electrons. The predicted octanol–water partition coefficient (Wildman–Crippen LogP) is 1.24. The Labute approximate surface area is 111 Å². The number of nitrogens with two attached hydrogens (primary N) is 1. The van der Waals surface area contributed by atoms with Crippen molar-refractivity contribution in [3.05, 3.63) is 29.8 Å². The number of amides is 1. The first-order valence-electron chi connectivity index (χ1n) is 4.82. The lowest BCUT2D eigenvalue weighted by Crippen LogP contribution is -2.31. The second kappa shape index (κ2) is 6.74. The fourth-order valence-corrected chi connectivity index (χ4v) is 1.68. The smallest absolute Gasteiger partial charge is 0.255 e. The van der Waals surface area contributed by atoms with Crippen molar-refractivity contribution < 1.29 is 9.18 Å². The molecule has 1 aliphatic heterocycles. The molecule has 1 amide bonds. The van der Waals surface area contributed by atoms with Crippen LogP contribution in [0, 0.1) is 5.82 Å².